The number of Topliss-reactive ketones (excluding diaryl/α,β-unsaturated/α-hetero) is 1. The van der Waals surface area contributed by atoms with Crippen molar-refractivity contribution in [2.75, 3.05) is 0 Å². The smallest absolute Gasteiger partial charge is 0.159 e. The molecule has 16 heavy (non-hydrogen) atoms. The van der Waals surface area contributed by atoms with Crippen molar-refractivity contribution in [1.29, 1.82) is 0 Å². The van der Waals surface area contributed by atoms with Gasteiger partial charge < -0.3 is 0 Å². The molecule has 0 spiro atoms. The van der Waals surface area contributed by atoms with Crippen LogP contribution in [0.25, 0.3) is 0 Å². The van der Waals surface area contributed by atoms with E-state index in [1.165, 1.54) is 24.0 Å². The molecule has 0 aromatic carbocycles. The first-order chi connectivity index (χ1) is 7.50. The van der Waals surface area contributed by atoms with Crippen LogP contribution in [0.3, 0.4) is 0 Å². The number of carbonyl (C=O) groups is 1. The standard InChI is InChI=1S/C15H22O/c1-9(2)12-6-5-10(3)13-8-15(16)11(4)14(13)7-12/h10,12-13H,1,5-8H2,2-4H3/t10-,12+,13+/m0/s1. The number of allylic oxidation sites excluding steroid dienone is 3. The molecule has 1 nitrogen and oxygen atoms in total. The van der Waals surface area contributed by atoms with Crippen molar-refractivity contribution in [1.82, 2.24) is 0 Å². The zero-order chi connectivity index (χ0) is 11.9. The van der Waals surface area contributed by atoms with E-state index in [-0.39, 0.29) is 0 Å². The molecule has 1 fully saturated rings. The number of carbonyl (C=O) groups excluding carboxylic acids is 1. The molecule has 0 amide bonds. The average molecular weight is 218 g/mol. The van der Waals surface area contributed by atoms with E-state index in [9.17, 15) is 4.79 Å². The number of fused-ring (bicyclic) bond motifs is 1. The topological polar surface area (TPSA) is 17.1 Å². The van der Waals surface area contributed by atoms with Gasteiger partial charge in [-0.05, 0) is 56.4 Å². The van der Waals surface area contributed by atoms with Crippen LogP contribution in [-0.4, -0.2) is 5.78 Å². The highest BCUT2D eigenvalue weighted by molar-refractivity contribution is 5.98. The molecule has 3 atom stereocenters. The Balaban J connectivity index is 2.31. The molecule has 0 bridgehead atoms. The maximum Gasteiger partial charge on any atom is 0.159 e. The minimum Gasteiger partial charge on any atom is -0.295 e. The normalized spacial score (nSPS) is 34.9. The van der Waals surface area contributed by atoms with Crippen LogP contribution >= 0.6 is 0 Å². The summed E-state index contributed by atoms with van der Waals surface area (Å²) in [6.45, 7) is 10.5. The van der Waals surface area contributed by atoms with Gasteiger partial charge in [0, 0.05) is 6.42 Å². The molecule has 2 aliphatic carbocycles. The summed E-state index contributed by atoms with van der Waals surface area (Å²) in [4.78, 5) is 11.8. The van der Waals surface area contributed by atoms with Gasteiger partial charge in [0.15, 0.2) is 5.78 Å². The van der Waals surface area contributed by atoms with Crippen LogP contribution in [0.1, 0.15) is 46.5 Å². The highest BCUT2D eigenvalue weighted by Crippen LogP contribution is 2.44. The lowest BCUT2D eigenvalue weighted by molar-refractivity contribution is -0.115. The minimum atomic E-state index is 0.384. The maximum atomic E-state index is 11.8. The second-order valence-corrected chi connectivity index (χ2v) is 5.69. The van der Waals surface area contributed by atoms with Gasteiger partial charge in [-0.25, -0.2) is 0 Å². The van der Waals surface area contributed by atoms with Gasteiger partial charge in [0.25, 0.3) is 0 Å². The van der Waals surface area contributed by atoms with E-state index in [4.69, 9.17) is 0 Å². The lowest BCUT2D eigenvalue weighted by Gasteiger charge is -2.18. The Kier molecular flexibility index (Phi) is 3.05. The lowest BCUT2D eigenvalue weighted by Crippen LogP contribution is -2.09. The molecule has 1 heteroatoms. The molecule has 0 saturated heterocycles. The highest BCUT2D eigenvalue weighted by Gasteiger charge is 2.36. The molecule has 2 aliphatic rings. The predicted molar refractivity (Wildman–Crippen MR) is 67.1 cm³/mol. The molecular formula is C15H22O. The summed E-state index contributed by atoms with van der Waals surface area (Å²) in [6, 6.07) is 0. The predicted octanol–water partition coefficient (Wildman–Crippen LogP) is 3.90. The van der Waals surface area contributed by atoms with E-state index in [1.54, 1.807) is 0 Å². The molecular weight excluding hydrogens is 196 g/mol. The molecule has 0 aromatic rings. The van der Waals surface area contributed by atoms with Crippen LogP contribution in [0.15, 0.2) is 23.3 Å². The van der Waals surface area contributed by atoms with E-state index < -0.39 is 0 Å². The Hall–Kier alpha value is -0.850. The molecule has 0 aromatic heterocycles. The van der Waals surface area contributed by atoms with E-state index in [2.05, 4.69) is 20.4 Å². The van der Waals surface area contributed by atoms with Crippen LogP contribution in [0.4, 0.5) is 0 Å². The van der Waals surface area contributed by atoms with E-state index in [1.807, 2.05) is 6.92 Å². The van der Waals surface area contributed by atoms with Gasteiger partial charge in [-0.2, -0.15) is 0 Å². The fourth-order valence-electron chi connectivity index (χ4n) is 3.24. The summed E-state index contributed by atoms with van der Waals surface area (Å²) in [5.41, 5.74) is 3.79. The summed E-state index contributed by atoms with van der Waals surface area (Å²) < 4.78 is 0. The van der Waals surface area contributed by atoms with Crippen molar-refractivity contribution in [2.24, 2.45) is 17.8 Å². The summed E-state index contributed by atoms with van der Waals surface area (Å²) in [7, 11) is 0. The Morgan fingerprint density at radius 1 is 1.31 bits per heavy atom. The van der Waals surface area contributed by atoms with Crippen molar-refractivity contribution in [3.05, 3.63) is 23.3 Å². The van der Waals surface area contributed by atoms with Gasteiger partial charge >= 0.3 is 0 Å². The summed E-state index contributed by atoms with van der Waals surface area (Å²) >= 11 is 0. The third-order valence-corrected chi connectivity index (χ3v) is 4.57. The Morgan fingerprint density at radius 3 is 2.62 bits per heavy atom. The monoisotopic (exact) mass is 218 g/mol. The number of ketones is 1. The first-order valence-electron chi connectivity index (χ1n) is 6.39. The van der Waals surface area contributed by atoms with Gasteiger partial charge in [-0.3, -0.25) is 4.79 Å². The van der Waals surface area contributed by atoms with Gasteiger partial charge in [0.2, 0.25) is 0 Å². The zero-order valence-corrected chi connectivity index (χ0v) is 10.7. The fourth-order valence-corrected chi connectivity index (χ4v) is 3.24. The van der Waals surface area contributed by atoms with Gasteiger partial charge in [-0.1, -0.05) is 24.6 Å². The molecule has 0 aliphatic heterocycles. The third-order valence-electron chi connectivity index (χ3n) is 4.57. The van der Waals surface area contributed by atoms with Gasteiger partial charge in [0.1, 0.15) is 0 Å². The molecule has 0 heterocycles. The van der Waals surface area contributed by atoms with E-state index >= 15 is 0 Å². The zero-order valence-electron chi connectivity index (χ0n) is 10.7. The summed E-state index contributed by atoms with van der Waals surface area (Å²) in [6.07, 6.45) is 4.34. The Morgan fingerprint density at radius 2 is 2.00 bits per heavy atom. The number of hydrogen-bond donors (Lipinski definition) is 0. The van der Waals surface area contributed by atoms with Crippen molar-refractivity contribution < 1.29 is 4.79 Å². The van der Waals surface area contributed by atoms with Gasteiger partial charge in [0.05, 0.1) is 0 Å². The van der Waals surface area contributed by atoms with Crippen molar-refractivity contribution in [3.63, 3.8) is 0 Å². The van der Waals surface area contributed by atoms with E-state index in [0.29, 0.717) is 23.5 Å². The number of rotatable bonds is 1. The lowest BCUT2D eigenvalue weighted by atomic mass is 9.86. The van der Waals surface area contributed by atoms with Crippen molar-refractivity contribution >= 4 is 5.78 Å². The molecule has 88 valence electrons. The average Bonchev–Trinajstić information content (AvgIpc) is 2.42. The molecule has 2 rings (SSSR count). The van der Waals surface area contributed by atoms with Crippen LogP contribution in [0, 0.1) is 17.8 Å². The first-order valence-corrected chi connectivity index (χ1v) is 6.39. The second kappa shape index (κ2) is 4.20. The molecule has 0 radical (unpaired) electrons. The van der Waals surface area contributed by atoms with Crippen molar-refractivity contribution in [3.8, 4) is 0 Å². The largest absolute Gasteiger partial charge is 0.295 e. The quantitative estimate of drug-likeness (QED) is 0.610. The summed E-state index contributed by atoms with van der Waals surface area (Å²) in [5.74, 6) is 2.19. The number of hydrogen-bond acceptors (Lipinski definition) is 1. The second-order valence-electron chi connectivity index (χ2n) is 5.69. The Bertz CT molecular complexity index is 362. The first kappa shape index (κ1) is 11.6. The minimum absolute atomic E-state index is 0.384. The van der Waals surface area contributed by atoms with E-state index in [0.717, 1.165) is 18.4 Å². The van der Waals surface area contributed by atoms with Crippen LogP contribution in [-0.2, 0) is 4.79 Å². The van der Waals surface area contributed by atoms with Gasteiger partial charge in [-0.15, -0.1) is 0 Å². The SMILES string of the molecule is C=C(C)[C@@H]1CC[C@H](C)[C@H]2CC(=O)C(C)=C2C1. The fraction of sp³-hybridized carbons (Fsp3) is 0.667. The maximum absolute atomic E-state index is 11.8. The molecule has 1 saturated carbocycles. The highest BCUT2D eigenvalue weighted by atomic mass is 16.1. The molecule has 0 N–H and O–H groups in total. The third kappa shape index (κ3) is 1.88. The van der Waals surface area contributed by atoms with Crippen LogP contribution in [0.5, 0.6) is 0 Å². The summed E-state index contributed by atoms with van der Waals surface area (Å²) in [5, 5.41) is 0. The van der Waals surface area contributed by atoms with Crippen molar-refractivity contribution in [2.45, 2.75) is 46.5 Å². The molecule has 0 unspecified atom stereocenters. The Labute approximate surface area is 98.6 Å². The van der Waals surface area contributed by atoms with Crippen LogP contribution < -0.4 is 0 Å². The van der Waals surface area contributed by atoms with Crippen LogP contribution in [0.2, 0.25) is 0 Å².